The van der Waals surface area contributed by atoms with Gasteiger partial charge in [-0.2, -0.15) is 9.97 Å². The van der Waals surface area contributed by atoms with Gasteiger partial charge in [-0.25, -0.2) is 15.0 Å². The molecule has 1 aliphatic rings. The minimum atomic E-state index is 0.381. The molecule has 1 aliphatic heterocycles. The lowest BCUT2D eigenvalue weighted by Crippen LogP contribution is -2.37. The van der Waals surface area contributed by atoms with Crippen LogP contribution in [0.5, 0.6) is 0 Å². The molecule has 10 nitrogen and oxygen atoms in total. The Kier molecular flexibility index (Phi) is 4.60. The third-order valence-corrected chi connectivity index (χ3v) is 5.35. The zero-order chi connectivity index (χ0) is 19.8. The van der Waals surface area contributed by atoms with Crippen molar-refractivity contribution in [2.45, 2.75) is 11.8 Å². The summed E-state index contributed by atoms with van der Waals surface area (Å²) in [6.45, 7) is 4.53. The van der Waals surface area contributed by atoms with Gasteiger partial charge in [-0.15, -0.1) is 11.8 Å². The predicted octanol–water partition coefficient (Wildman–Crippen LogP) is 2.13. The number of imidazole rings is 1. The molecule has 4 aromatic rings. The van der Waals surface area contributed by atoms with E-state index >= 15 is 0 Å². The maximum absolute atomic E-state index is 5.52. The molecular formula is C18H18N8O2S. The summed E-state index contributed by atoms with van der Waals surface area (Å²) >= 11 is 1.59. The van der Waals surface area contributed by atoms with E-state index in [1.165, 1.54) is 0 Å². The van der Waals surface area contributed by atoms with Gasteiger partial charge in [-0.05, 0) is 19.2 Å². The zero-order valence-electron chi connectivity index (χ0n) is 15.9. The molecule has 0 atom stereocenters. The Morgan fingerprint density at radius 3 is 2.62 bits per heavy atom. The fraction of sp³-hybridized carbons (Fsp3) is 0.333. The highest BCUT2D eigenvalue weighted by Crippen LogP contribution is 2.33. The van der Waals surface area contributed by atoms with Crippen LogP contribution in [0.2, 0.25) is 0 Å². The Morgan fingerprint density at radius 2 is 1.93 bits per heavy atom. The summed E-state index contributed by atoms with van der Waals surface area (Å²) < 4.78 is 12.7. The number of aryl methyl sites for hydroxylation is 1. The number of morpholine rings is 1. The molecule has 0 aliphatic carbocycles. The lowest BCUT2D eigenvalue weighted by atomic mass is 10.2. The molecule has 4 aromatic heterocycles. The first kappa shape index (κ1) is 18.0. The van der Waals surface area contributed by atoms with Gasteiger partial charge < -0.3 is 14.2 Å². The molecule has 0 N–H and O–H groups in total. The van der Waals surface area contributed by atoms with Gasteiger partial charge in [0, 0.05) is 30.4 Å². The second-order valence-corrected chi connectivity index (χ2v) is 7.32. The summed E-state index contributed by atoms with van der Waals surface area (Å²) in [7, 11) is 0. The van der Waals surface area contributed by atoms with E-state index in [4.69, 9.17) is 24.2 Å². The summed E-state index contributed by atoms with van der Waals surface area (Å²) in [6, 6.07) is 1.92. The molecule has 1 saturated heterocycles. The van der Waals surface area contributed by atoms with Gasteiger partial charge in [0.1, 0.15) is 23.1 Å². The van der Waals surface area contributed by atoms with Crippen molar-refractivity contribution in [3.05, 3.63) is 30.6 Å². The summed E-state index contributed by atoms with van der Waals surface area (Å²) in [6.07, 6.45) is 7.22. The van der Waals surface area contributed by atoms with Crippen LogP contribution in [-0.2, 0) is 4.74 Å². The lowest BCUT2D eigenvalue weighted by Gasteiger charge is -2.28. The number of thioether (sulfide) groups is 1. The number of fused-ring (bicyclic) bond motifs is 1. The van der Waals surface area contributed by atoms with Gasteiger partial charge in [0.25, 0.3) is 5.89 Å². The van der Waals surface area contributed by atoms with E-state index in [1.807, 2.05) is 18.5 Å². The summed E-state index contributed by atoms with van der Waals surface area (Å²) in [4.78, 5) is 26.0. The van der Waals surface area contributed by atoms with Crippen molar-refractivity contribution < 1.29 is 9.26 Å². The van der Waals surface area contributed by atoms with E-state index in [0.717, 1.165) is 29.3 Å². The number of nitrogens with zero attached hydrogens (tertiary/aromatic N) is 8. The van der Waals surface area contributed by atoms with Gasteiger partial charge in [-0.3, -0.25) is 4.57 Å². The van der Waals surface area contributed by atoms with E-state index in [9.17, 15) is 0 Å². The van der Waals surface area contributed by atoms with Crippen LogP contribution in [0.25, 0.3) is 28.6 Å². The Bertz CT molecular complexity index is 1150. The van der Waals surface area contributed by atoms with Crippen LogP contribution < -0.4 is 4.90 Å². The number of ether oxygens (including phenoxy) is 1. The molecule has 5 rings (SSSR count). The monoisotopic (exact) mass is 410 g/mol. The van der Waals surface area contributed by atoms with Gasteiger partial charge in [0.15, 0.2) is 11.6 Å². The van der Waals surface area contributed by atoms with Crippen molar-refractivity contribution in [2.75, 3.05) is 37.5 Å². The molecule has 0 aromatic carbocycles. The number of hydrogen-bond donors (Lipinski definition) is 0. The molecule has 0 bridgehead atoms. The van der Waals surface area contributed by atoms with Crippen LogP contribution in [-0.4, -0.2) is 67.2 Å². The predicted molar refractivity (Wildman–Crippen MR) is 107 cm³/mol. The van der Waals surface area contributed by atoms with Crippen LogP contribution in [0.15, 0.2) is 34.2 Å². The molecule has 0 unspecified atom stereocenters. The standard InChI is InChI=1S/C18H18N8O2S/c1-11-20-17(28-24-11)12-9-13(29-2)14-15(21-12)16(25-5-7-27-8-6-25)23-18(22-14)26-4-3-19-10-26/h3-4,9-10H,5-8H2,1-2H3. The zero-order valence-corrected chi connectivity index (χ0v) is 16.8. The van der Waals surface area contributed by atoms with Crippen LogP contribution >= 0.6 is 11.8 Å². The van der Waals surface area contributed by atoms with Crippen molar-refractivity contribution in [3.8, 4) is 17.5 Å². The van der Waals surface area contributed by atoms with Gasteiger partial charge >= 0.3 is 0 Å². The van der Waals surface area contributed by atoms with E-state index < -0.39 is 0 Å². The van der Waals surface area contributed by atoms with Crippen LogP contribution in [0.1, 0.15) is 5.82 Å². The van der Waals surface area contributed by atoms with Crippen LogP contribution in [0.4, 0.5) is 5.82 Å². The largest absolute Gasteiger partial charge is 0.378 e. The average molecular weight is 410 g/mol. The third-order valence-electron chi connectivity index (χ3n) is 4.60. The lowest BCUT2D eigenvalue weighted by molar-refractivity contribution is 0.122. The maximum Gasteiger partial charge on any atom is 0.276 e. The Balaban J connectivity index is 1.77. The number of pyridine rings is 1. The SMILES string of the molecule is CSc1cc(-c2nc(C)no2)nc2c(N3CCOCC3)nc(-n3ccnc3)nc12. The van der Waals surface area contributed by atoms with E-state index in [1.54, 1.807) is 35.8 Å². The third kappa shape index (κ3) is 3.32. The van der Waals surface area contributed by atoms with Crippen molar-refractivity contribution in [3.63, 3.8) is 0 Å². The Labute approximate surface area is 170 Å². The average Bonchev–Trinajstić information content (AvgIpc) is 3.45. The van der Waals surface area contributed by atoms with Crippen LogP contribution in [0, 0.1) is 6.92 Å². The van der Waals surface area contributed by atoms with E-state index in [2.05, 4.69) is 20.0 Å². The molecule has 0 spiro atoms. The highest BCUT2D eigenvalue weighted by molar-refractivity contribution is 7.98. The molecule has 29 heavy (non-hydrogen) atoms. The number of hydrogen-bond acceptors (Lipinski definition) is 10. The minimum absolute atomic E-state index is 0.381. The smallest absolute Gasteiger partial charge is 0.276 e. The number of aromatic nitrogens is 7. The van der Waals surface area contributed by atoms with Gasteiger partial charge in [0.05, 0.1) is 13.2 Å². The molecule has 0 amide bonds. The summed E-state index contributed by atoms with van der Waals surface area (Å²) in [5.41, 5.74) is 2.09. The first-order valence-corrected chi connectivity index (χ1v) is 10.3. The second kappa shape index (κ2) is 7.41. The summed E-state index contributed by atoms with van der Waals surface area (Å²) in [5, 5.41) is 3.89. The Hall–Kier alpha value is -3.05. The van der Waals surface area contributed by atoms with E-state index in [-0.39, 0.29) is 0 Å². The topological polar surface area (TPSA) is 108 Å². The van der Waals surface area contributed by atoms with Crippen molar-refractivity contribution >= 4 is 28.6 Å². The first-order valence-electron chi connectivity index (χ1n) is 9.11. The highest BCUT2D eigenvalue weighted by Gasteiger charge is 2.22. The quantitative estimate of drug-likeness (QED) is 0.464. The van der Waals surface area contributed by atoms with Crippen molar-refractivity contribution in [1.29, 1.82) is 0 Å². The van der Waals surface area contributed by atoms with E-state index in [0.29, 0.717) is 42.1 Å². The molecule has 0 saturated carbocycles. The molecular weight excluding hydrogens is 392 g/mol. The molecule has 0 radical (unpaired) electrons. The Morgan fingerprint density at radius 1 is 1.07 bits per heavy atom. The normalized spacial score (nSPS) is 14.6. The first-order chi connectivity index (χ1) is 14.2. The maximum atomic E-state index is 5.52. The van der Waals surface area contributed by atoms with Crippen molar-refractivity contribution in [1.82, 2.24) is 34.6 Å². The molecule has 148 valence electrons. The highest BCUT2D eigenvalue weighted by atomic mass is 32.2. The minimum Gasteiger partial charge on any atom is -0.378 e. The number of rotatable bonds is 4. The molecule has 11 heteroatoms. The number of anilines is 1. The van der Waals surface area contributed by atoms with Gasteiger partial charge in [0.2, 0.25) is 5.95 Å². The van der Waals surface area contributed by atoms with Crippen LogP contribution in [0.3, 0.4) is 0 Å². The molecule has 1 fully saturated rings. The fourth-order valence-corrected chi connectivity index (χ4v) is 3.77. The van der Waals surface area contributed by atoms with Crippen molar-refractivity contribution in [2.24, 2.45) is 0 Å². The molecule has 5 heterocycles. The summed E-state index contributed by atoms with van der Waals surface area (Å²) in [5.74, 6) is 2.25. The van der Waals surface area contributed by atoms with Gasteiger partial charge in [-0.1, -0.05) is 5.16 Å². The second-order valence-electron chi connectivity index (χ2n) is 6.47. The fourth-order valence-electron chi connectivity index (χ4n) is 3.21.